The van der Waals surface area contributed by atoms with Gasteiger partial charge in [0, 0.05) is 5.56 Å². The Morgan fingerprint density at radius 3 is 1.65 bits per heavy atom. The van der Waals surface area contributed by atoms with Crippen molar-refractivity contribution in [1.82, 2.24) is 0 Å². The van der Waals surface area contributed by atoms with Gasteiger partial charge in [-0.1, -0.05) is 18.2 Å². The monoisotopic (exact) mass is 416 g/mol. The van der Waals surface area contributed by atoms with E-state index in [0.29, 0.717) is 0 Å². The van der Waals surface area contributed by atoms with E-state index >= 15 is 0 Å². The molecule has 26 heavy (non-hydrogen) atoms. The van der Waals surface area contributed by atoms with Crippen molar-refractivity contribution in [1.29, 1.82) is 0 Å². The number of aryl methyl sites for hydroxylation is 1. The Hall–Kier alpha value is -1.20. The van der Waals surface area contributed by atoms with Gasteiger partial charge in [0.05, 0.1) is 10.9 Å². The molecule has 0 bridgehead atoms. The molecule has 1 atom stereocenters. The summed E-state index contributed by atoms with van der Waals surface area (Å²) in [4.78, 5) is 2.98. The molecule has 0 aliphatic rings. The molecule has 8 heteroatoms. The Morgan fingerprint density at radius 2 is 1.23 bits per heavy atom. The van der Waals surface area contributed by atoms with E-state index in [1.165, 1.54) is 37.8 Å². The van der Waals surface area contributed by atoms with E-state index in [9.17, 15) is 25.2 Å². The van der Waals surface area contributed by atoms with Gasteiger partial charge < -0.3 is 0 Å². The first-order valence-electron chi connectivity index (χ1n) is 7.91. The molecular formula is C18H23F6PS. The molecular weight excluding hydrogens is 393 g/mol. The molecule has 0 aromatic heterocycles. The first-order chi connectivity index (χ1) is 11.5. The van der Waals surface area contributed by atoms with Crippen molar-refractivity contribution in [2.75, 3.05) is 5.75 Å². The van der Waals surface area contributed by atoms with Gasteiger partial charge in [0.25, 0.3) is 0 Å². The fourth-order valence-corrected chi connectivity index (χ4v) is 4.69. The molecule has 0 heterocycles. The fourth-order valence-electron chi connectivity index (χ4n) is 2.46. The first kappa shape index (κ1) is 22.8. The minimum atomic E-state index is -10.7. The average molecular weight is 416 g/mol. The van der Waals surface area contributed by atoms with Crippen molar-refractivity contribution in [3.8, 4) is 0 Å². The van der Waals surface area contributed by atoms with Crippen LogP contribution in [-0.4, -0.2) is 5.75 Å². The third-order valence-corrected chi connectivity index (χ3v) is 6.39. The predicted molar refractivity (Wildman–Crippen MR) is 99.8 cm³/mol. The summed E-state index contributed by atoms with van der Waals surface area (Å²) < 4.78 is 59.2. The van der Waals surface area contributed by atoms with Crippen LogP contribution in [0.1, 0.15) is 29.2 Å². The van der Waals surface area contributed by atoms with Gasteiger partial charge >= 0.3 is 33.0 Å². The summed E-state index contributed by atoms with van der Waals surface area (Å²) in [5.41, 5.74) is 5.78. The molecule has 1 unspecified atom stereocenters. The van der Waals surface area contributed by atoms with E-state index in [0.717, 1.165) is 0 Å². The predicted octanol–water partition coefficient (Wildman–Crippen LogP) is 8.36. The molecule has 0 saturated carbocycles. The number of hydrogen-bond acceptors (Lipinski definition) is 0. The second-order valence-electron chi connectivity index (χ2n) is 6.02. The van der Waals surface area contributed by atoms with Gasteiger partial charge in [-0.2, -0.15) is 0 Å². The van der Waals surface area contributed by atoms with Crippen molar-refractivity contribution in [3.05, 3.63) is 58.7 Å². The molecule has 0 aliphatic carbocycles. The SMILES string of the molecule is CC[S+](c1ccccc1)c1cc(C)c(C)c(C)c1C.F[P-](F)(F)(F)(F)F. The van der Waals surface area contributed by atoms with Crippen molar-refractivity contribution in [2.45, 2.75) is 44.4 Å². The minimum absolute atomic E-state index is 0.201. The Labute approximate surface area is 153 Å². The van der Waals surface area contributed by atoms with Crippen LogP contribution in [0.25, 0.3) is 0 Å². The zero-order chi connectivity index (χ0) is 20.4. The van der Waals surface area contributed by atoms with Crippen LogP contribution >= 0.6 is 7.81 Å². The van der Waals surface area contributed by atoms with Gasteiger partial charge in [-0.25, -0.2) is 0 Å². The summed E-state index contributed by atoms with van der Waals surface area (Å²) in [6.07, 6.45) is 0. The molecule has 0 N–H and O–H groups in total. The van der Waals surface area contributed by atoms with Gasteiger partial charge in [-0.05, 0) is 69.5 Å². The van der Waals surface area contributed by atoms with Gasteiger partial charge in [0.2, 0.25) is 0 Å². The van der Waals surface area contributed by atoms with Gasteiger partial charge in [0.15, 0.2) is 9.79 Å². The van der Waals surface area contributed by atoms with Gasteiger partial charge in [-0.3, -0.25) is 0 Å². The van der Waals surface area contributed by atoms with Crippen LogP contribution in [0.15, 0.2) is 46.2 Å². The molecule has 0 amide bonds. The van der Waals surface area contributed by atoms with Gasteiger partial charge in [-0.15, -0.1) is 0 Å². The third kappa shape index (κ3) is 8.00. The van der Waals surface area contributed by atoms with E-state index in [1.54, 1.807) is 0 Å². The Bertz CT molecular complexity index is 758. The third-order valence-electron chi connectivity index (χ3n) is 4.02. The van der Waals surface area contributed by atoms with E-state index in [1.807, 2.05) is 0 Å². The summed E-state index contributed by atoms with van der Waals surface area (Å²) in [6.45, 7) is 11.3. The van der Waals surface area contributed by atoms with Crippen molar-refractivity contribution >= 4 is 18.7 Å². The van der Waals surface area contributed by atoms with E-state index in [2.05, 4.69) is 71.0 Å². The number of halogens is 6. The summed E-state index contributed by atoms with van der Waals surface area (Å²) >= 11 is 0. The van der Waals surface area contributed by atoms with Crippen LogP contribution in [0.3, 0.4) is 0 Å². The number of rotatable bonds is 3. The molecule has 2 rings (SSSR count). The molecule has 0 radical (unpaired) electrons. The number of hydrogen-bond donors (Lipinski definition) is 0. The van der Waals surface area contributed by atoms with Crippen LogP contribution in [0.4, 0.5) is 25.2 Å². The molecule has 0 nitrogen and oxygen atoms in total. The second kappa shape index (κ2) is 7.08. The zero-order valence-electron chi connectivity index (χ0n) is 15.3. The van der Waals surface area contributed by atoms with Crippen molar-refractivity contribution in [2.24, 2.45) is 0 Å². The van der Waals surface area contributed by atoms with E-state index < -0.39 is 7.81 Å². The summed E-state index contributed by atoms with van der Waals surface area (Å²) in [6, 6.07) is 13.3. The van der Waals surface area contributed by atoms with Crippen molar-refractivity contribution < 1.29 is 25.2 Å². The van der Waals surface area contributed by atoms with E-state index in [4.69, 9.17) is 0 Å². The average Bonchev–Trinajstić information content (AvgIpc) is 2.49. The molecule has 2 aromatic carbocycles. The Morgan fingerprint density at radius 1 is 0.769 bits per heavy atom. The molecule has 2 aromatic rings. The van der Waals surface area contributed by atoms with Crippen LogP contribution in [0, 0.1) is 27.7 Å². The summed E-state index contributed by atoms with van der Waals surface area (Å²) in [5.74, 6) is 1.17. The van der Waals surface area contributed by atoms with E-state index in [-0.39, 0.29) is 10.9 Å². The van der Waals surface area contributed by atoms with Crippen LogP contribution in [0.2, 0.25) is 0 Å². The van der Waals surface area contributed by atoms with Crippen LogP contribution in [0.5, 0.6) is 0 Å². The van der Waals surface area contributed by atoms with Gasteiger partial charge in [0.1, 0.15) is 5.75 Å². The summed E-state index contributed by atoms with van der Waals surface area (Å²) in [5, 5.41) is 0. The first-order valence-corrected chi connectivity index (χ1v) is 11.3. The molecule has 148 valence electrons. The Kier molecular flexibility index (Phi) is 6.22. The fraction of sp³-hybridized carbons (Fsp3) is 0.333. The molecule has 0 saturated heterocycles. The second-order valence-corrected chi connectivity index (χ2v) is 10.2. The maximum absolute atomic E-state index is 10.7. The topological polar surface area (TPSA) is 0 Å². The Balaban J connectivity index is 0.000000412. The molecule has 0 aliphatic heterocycles. The molecule has 0 fully saturated rings. The quantitative estimate of drug-likeness (QED) is 0.268. The normalized spacial score (nSPS) is 15.3. The van der Waals surface area contributed by atoms with Crippen LogP contribution in [-0.2, 0) is 10.9 Å². The van der Waals surface area contributed by atoms with Crippen molar-refractivity contribution in [3.63, 3.8) is 0 Å². The van der Waals surface area contributed by atoms with Crippen LogP contribution < -0.4 is 0 Å². The summed E-state index contributed by atoms with van der Waals surface area (Å²) in [7, 11) is -10.5. The number of benzene rings is 2. The standard InChI is InChI=1S/C18H23S.F6P/c1-6-19(17-10-8-7-9-11-17)18-12-13(2)14(3)15(4)16(18)5;1-7(2,3,4,5)6/h7-12H,6H2,1-5H3;/q+1;-1. The molecule has 0 spiro atoms. The zero-order valence-corrected chi connectivity index (χ0v) is 17.0. The maximum atomic E-state index is 9.87.